The van der Waals surface area contributed by atoms with Crippen molar-refractivity contribution in [3.05, 3.63) is 0 Å². The van der Waals surface area contributed by atoms with E-state index in [1.165, 1.54) is 0 Å². The van der Waals surface area contributed by atoms with Crippen molar-refractivity contribution in [3.63, 3.8) is 0 Å². The highest BCUT2D eigenvalue weighted by molar-refractivity contribution is 9.26. The van der Waals surface area contributed by atoms with Crippen LogP contribution in [0.25, 0.3) is 0 Å². The van der Waals surface area contributed by atoms with E-state index in [1.54, 1.807) is 0 Å². The van der Waals surface area contributed by atoms with Crippen LogP contribution in [0.3, 0.4) is 0 Å². The molecule has 0 aliphatic heterocycles. The third kappa shape index (κ3) is 3.94. The molecular formula is C3H5Br3O. The Hall–Kier alpha value is 1.40. The lowest BCUT2D eigenvalue weighted by molar-refractivity contribution is 0.296. The molecule has 0 spiro atoms. The van der Waals surface area contributed by atoms with Gasteiger partial charge in [0.1, 0.15) is 3.23 Å². The van der Waals surface area contributed by atoms with Crippen LogP contribution < -0.4 is 0 Å². The Morgan fingerprint density at radius 3 is 1.86 bits per heavy atom. The van der Waals surface area contributed by atoms with Crippen molar-refractivity contribution in [3.8, 4) is 0 Å². The van der Waals surface area contributed by atoms with Gasteiger partial charge in [0.2, 0.25) is 0 Å². The molecule has 0 unspecified atom stereocenters. The molecule has 0 amide bonds. The molecule has 44 valence electrons. The minimum atomic E-state index is -0.319. The minimum Gasteiger partial charge on any atom is -0.394 e. The van der Waals surface area contributed by atoms with E-state index in [0.717, 1.165) is 0 Å². The first-order chi connectivity index (χ1) is 3.12. The summed E-state index contributed by atoms with van der Waals surface area (Å²) in [5.74, 6) is 0. The Balaban J connectivity index is 3.36. The Morgan fingerprint density at radius 1 is 1.43 bits per heavy atom. The summed E-state index contributed by atoms with van der Waals surface area (Å²) in [5, 5.41) is 9.16. The van der Waals surface area contributed by atoms with E-state index in [4.69, 9.17) is 5.11 Å². The van der Waals surface area contributed by atoms with Crippen LogP contribution in [0.15, 0.2) is 0 Å². The van der Waals surface area contributed by atoms with Crippen LogP contribution >= 0.6 is 47.8 Å². The molecule has 1 nitrogen and oxygen atoms in total. The highest BCUT2D eigenvalue weighted by Gasteiger charge is 2.18. The first-order valence-electron chi connectivity index (χ1n) is 1.67. The monoisotopic (exact) mass is 294 g/mol. The first-order valence-corrected chi connectivity index (χ1v) is 4.38. The van der Waals surface area contributed by atoms with Crippen molar-refractivity contribution in [2.45, 2.75) is 3.23 Å². The second-order valence-electron chi connectivity index (χ2n) is 1.15. The van der Waals surface area contributed by atoms with E-state index in [-0.39, 0.29) is 9.84 Å². The standard InChI is InChI=1S/C3H5Br3O/c4-1-3(5,6)2-7/h7H,1-2H2. The van der Waals surface area contributed by atoms with Crippen LogP contribution in [0.5, 0.6) is 0 Å². The van der Waals surface area contributed by atoms with Crippen LogP contribution in [0.1, 0.15) is 0 Å². The summed E-state index contributed by atoms with van der Waals surface area (Å²) < 4.78 is -0.319. The summed E-state index contributed by atoms with van der Waals surface area (Å²) in [4.78, 5) is 0. The molecular weight excluding hydrogens is 292 g/mol. The zero-order valence-corrected chi connectivity index (χ0v) is 8.25. The lowest BCUT2D eigenvalue weighted by atomic mass is 10.5. The fourth-order valence-electron chi connectivity index (χ4n) is 0.0423. The molecule has 7 heavy (non-hydrogen) atoms. The van der Waals surface area contributed by atoms with Gasteiger partial charge in [0.25, 0.3) is 0 Å². The molecule has 0 heterocycles. The summed E-state index contributed by atoms with van der Waals surface area (Å²) in [6, 6.07) is 0. The van der Waals surface area contributed by atoms with Gasteiger partial charge >= 0.3 is 0 Å². The molecule has 0 fully saturated rings. The van der Waals surface area contributed by atoms with E-state index >= 15 is 0 Å². The third-order valence-corrected chi connectivity index (χ3v) is 3.95. The van der Waals surface area contributed by atoms with E-state index < -0.39 is 0 Å². The number of hydrogen-bond acceptors (Lipinski definition) is 1. The largest absolute Gasteiger partial charge is 0.394 e. The average Bonchev–Trinajstić information content (AvgIpc) is 1.68. The molecule has 0 aromatic heterocycles. The van der Waals surface area contributed by atoms with E-state index in [0.29, 0.717) is 5.33 Å². The second kappa shape index (κ2) is 3.43. The Bertz CT molecular complexity index is 48.1. The first kappa shape index (κ1) is 8.40. The number of aliphatic hydroxyl groups excluding tert-OH is 1. The zero-order valence-electron chi connectivity index (χ0n) is 3.50. The molecule has 0 radical (unpaired) electrons. The molecule has 4 heteroatoms. The van der Waals surface area contributed by atoms with Crippen LogP contribution in [-0.4, -0.2) is 20.3 Å². The number of rotatable bonds is 2. The minimum absolute atomic E-state index is 0.0816. The van der Waals surface area contributed by atoms with Gasteiger partial charge in [-0.05, 0) is 0 Å². The van der Waals surface area contributed by atoms with Gasteiger partial charge in [0, 0.05) is 5.33 Å². The number of alkyl halides is 3. The predicted octanol–water partition coefficient (Wildman–Crippen LogP) is 1.86. The number of hydrogen-bond donors (Lipinski definition) is 1. The fourth-order valence-corrected chi connectivity index (χ4v) is 0.220. The summed E-state index contributed by atoms with van der Waals surface area (Å²) in [5.41, 5.74) is 0. The van der Waals surface area contributed by atoms with Gasteiger partial charge in [-0.3, -0.25) is 0 Å². The lowest BCUT2D eigenvalue weighted by Gasteiger charge is -2.11. The Labute approximate surface area is 67.9 Å². The molecule has 1 N–H and O–H groups in total. The van der Waals surface area contributed by atoms with E-state index in [9.17, 15) is 0 Å². The third-order valence-electron chi connectivity index (χ3n) is 0.427. The number of aliphatic hydroxyl groups is 1. The van der Waals surface area contributed by atoms with Gasteiger partial charge < -0.3 is 5.11 Å². The Kier molecular flexibility index (Phi) is 4.12. The van der Waals surface area contributed by atoms with Crippen LogP contribution in [-0.2, 0) is 0 Å². The average molecular weight is 297 g/mol. The highest BCUT2D eigenvalue weighted by Crippen LogP contribution is 2.26. The van der Waals surface area contributed by atoms with Crippen molar-refractivity contribution in [2.24, 2.45) is 0 Å². The van der Waals surface area contributed by atoms with Crippen molar-refractivity contribution >= 4 is 47.8 Å². The van der Waals surface area contributed by atoms with Crippen molar-refractivity contribution in [2.75, 3.05) is 11.9 Å². The molecule has 0 saturated carbocycles. The quantitative estimate of drug-likeness (QED) is 0.771. The molecule has 0 saturated heterocycles. The van der Waals surface area contributed by atoms with Gasteiger partial charge in [-0.2, -0.15) is 0 Å². The maximum absolute atomic E-state index is 8.47. The molecule has 0 rings (SSSR count). The molecule has 0 bridgehead atoms. The van der Waals surface area contributed by atoms with Crippen molar-refractivity contribution in [1.29, 1.82) is 0 Å². The summed E-state index contributed by atoms with van der Waals surface area (Å²) in [7, 11) is 0. The number of halogens is 3. The van der Waals surface area contributed by atoms with Gasteiger partial charge in [-0.15, -0.1) is 0 Å². The van der Waals surface area contributed by atoms with Crippen LogP contribution in [0.2, 0.25) is 0 Å². The van der Waals surface area contributed by atoms with Crippen molar-refractivity contribution in [1.82, 2.24) is 0 Å². The van der Waals surface area contributed by atoms with Gasteiger partial charge in [-0.25, -0.2) is 0 Å². The molecule has 0 aliphatic rings. The summed E-state index contributed by atoms with van der Waals surface area (Å²) >= 11 is 9.58. The highest BCUT2D eigenvalue weighted by atomic mass is 79.9. The van der Waals surface area contributed by atoms with E-state index in [2.05, 4.69) is 47.8 Å². The SMILES string of the molecule is OCC(Br)(Br)CBr. The molecule has 0 atom stereocenters. The summed E-state index contributed by atoms with van der Waals surface area (Å²) in [6.45, 7) is 0.0816. The maximum atomic E-state index is 8.47. The van der Waals surface area contributed by atoms with E-state index in [1.807, 2.05) is 0 Å². The summed E-state index contributed by atoms with van der Waals surface area (Å²) in [6.07, 6.45) is 0. The van der Waals surface area contributed by atoms with Gasteiger partial charge in [0.15, 0.2) is 0 Å². The van der Waals surface area contributed by atoms with Crippen LogP contribution in [0.4, 0.5) is 0 Å². The van der Waals surface area contributed by atoms with Crippen LogP contribution in [0, 0.1) is 0 Å². The molecule has 0 aliphatic carbocycles. The molecule has 0 aromatic rings. The lowest BCUT2D eigenvalue weighted by Crippen LogP contribution is -2.17. The molecule has 0 aromatic carbocycles. The zero-order chi connectivity index (χ0) is 5.91. The second-order valence-corrected chi connectivity index (χ2v) is 5.81. The maximum Gasteiger partial charge on any atom is 0.113 e. The normalized spacial score (nSPS) is 12.0. The van der Waals surface area contributed by atoms with Gasteiger partial charge in [0.05, 0.1) is 6.61 Å². The van der Waals surface area contributed by atoms with Gasteiger partial charge in [-0.1, -0.05) is 47.8 Å². The van der Waals surface area contributed by atoms with Crippen molar-refractivity contribution < 1.29 is 5.11 Å². The smallest absolute Gasteiger partial charge is 0.113 e. The topological polar surface area (TPSA) is 20.2 Å². The fraction of sp³-hybridized carbons (Fsp3) is 1.00. The predicted molar refractivity (Wildman–Crippen MR) is 41.5 cm³/mol. The Morgan fingerprint density at radius 2 is 1.86 bits per heavy atom.